The zero-order valence-corrected chi connectivity index (χ0v) is 10.5. The van der Waals surface area contributed by atoms with Crippen LogP contribution in [0.1, 0.15) is 24.6 Å². The van der Waals surface area contributed by atoms with Crippen molar-refractivity contribution < 1.29 is 14.1 Å². The lowest BCUT2D eigenvalue weighted by atomic mass is 10.3. The number of ether oxygens (including phenoxy) is 1. The first-order valence-corrected chi connectivity index (χ1v) is 6.22. The Morgan fingerprint density at radius 1 is 1.50 bits per heavy atom. The van der Waals surface area contributed by atoms with Gasteiger partial charge in [0, 0.05) is 18.2 Å². The molecule has 0 amide bonds. The van der Waals surface area contributed by atoms with E-state index in [2.05, 4.69) is 4.98 Å². The summed E-state index contributed by atoms with van der Waals surface area (Å²) in [7, 11) is 0. The lowest BCUT2D eigenvalue weighted by Gasteiger charge is -2.08. The number of benzene rings is 1. The van der Waals surface area contributed by atoms with Crippen molar-refractivity contribution >= 4 is 5.69 Å². The molecule has 0 radical (unpaired) electrons. The first-order chi connectivity index (χ1) is 9.65. The largest absolute Gasteiger partial charge is 0.487 e. The van der Waals surface area contributed by atoms with Gasteiger partial charge in [0.15, 0.2) is 0 Å². The third-order valence-electron chi connectivity index (χ3n) is 3.19. The molecule has 0 spiro atoms. The second-order valence-corrected chi connectivity index (χ2v) is 4.68. The molecule has 0 unspecified atom stereocenters. The summed E-state index contributed by atoms with van der Waals surface area (Å²) in [5, 5.41) is 10.5. The number of rotatable bonds is 5. The molecule has 104 valence electrons. The molecule has 20 heavy (non-hydrogen) atoms. The Bertz CT molecular complexity index is 652. The molecular formula is C13H12FN3O3. The third-order valence-corrected chi connectivity index (χ3v) is 3.19. The van der Waals surface area contributed by atoms with Gasteiger partial charge in [-0.15, -0.1) is 0 Å². The van der Waals surface area contributed by atoms with Crippen molar-refractivity contribution in [2.75, 3.05) is 0 Å². The van der Waals surface area contributed by atoms with E-state index in [4.69, 9.17) is 4.74 Å². The van der Waals surface area contributed by atoms with Gasteiger partial charge in [-0.25, -0.2) is 4.98 Å². The lowest BCUT2D eigenvalue weighted by molar-refractivity contribution is -0.387. The Morgan fingerprint density at radius 2 is 2.30 bits per heavy atom. The Morgan fingerprint density at radius 3 is 2.95 bits per heavy atom. The number of nitro benzene ring substituents is 1. The van der Waals surface area contributed by atoms with E-state index in [0.717, 1.165) is 30.7 Å². The van der Waals surface area contributed by atoms with Crippen molar-refractivity contribution in [1.29, 1.82) is 0 Å². The quantitative estimate of drug-likeness (QED) is 0.622. The van der Waals surface area contributed by atoms with Gasteiger partial charge in [0.1, 0.15) is 12.4 Å². The lowest BCUT2D eigenvalue weighted by Crippen LogP contribution is -2.04. The average molecular weight is 277 g/mol. The Labute approximate surface area is 114 Å². The second-order valence-electron chi connectivity index (χ2n) is 4.68. The number of nitrogens with zero attached hydrogens (tertiary/aromatic N) is 3. The maximum atomic E-state index is 13.4. The van der Waals surface area contributed by atoms with Crippen LogP contribution >= 0.6 is 0 Å². The number of imidazole rings is 1. The summed E-state index contributed by atoms with van der Waals surface area (Å²) in [5.41, 5.74) is 0.353. The van der Waals surface area contributed by atoms with Gasteiger partial charge in [-0.3, -0.25) is 10.1 Å². The molecule has 2 aromatic rings. The zero-order chi connectivity index (χ0) is 14.1. The van der Waals surface area contributed by atoms with Gasteiger partial charge in [0.05, 0.1) is 23.1 Å². The maximum absolute atomic E-state index is 13.4. The van der Waals surface area contributed by atoms with Crippen molar-refractivity contribution in [2.45, 2.75) is 25.5 Å². The van der Waals surface area contributed by atoms with Crippen LogP contribution < -0.4 is 4.74 Å². The monoisotopic (exact) mass is 277 g/mol. The molecule has 1 aromatic heterocycles. The van der Waals surface area contributed by atoms with Crippen molar-refractivity contribution in [3.63, 3.8) is 0 Å². The predicted molar refractivity (Wildman–Crippen MR) is 67.9 cm³/mol. The molecule has 0 bridgehead atoms. The van der Waals surface area contributed by atoms with Gasteiger partial charge in [0.2, 0.25) is 5.82 Å². The van der Waals surface area contributed by atoms with Gasteiger partial charge < -0.3 is 9.30 Å². The van der Waals surface area contributed by atoms with Crippen LogP contribution in [0.15, 0.2) is 30.7 Å². The molecule has 1 aromatic carbocycles. The van der Waals surface area contributed by atoms with Crippen LogP contribution in [0.3, 0.4) is 0 Å². The van der Waals surface area contributed by atoms with Crippen LogP contribution in [0.5, 0.6) is 5.75 Å². The van der Waals surface area contributed by atoms with Gasteiger partial charge in [-0.2, -0.15) is 4.39 Å². The van der Waals surface area contributed by atoms with Crippen LogP contribution in [-0.2, 0) is 6.61 Å². The smallest absolute Gasteiger partial charge is 0.305 e. The highest BCUT2D eigenvalue weighted by Crippen LogP contribution is 2.35. The van der Waals surface area contributed by atoms with Crippen LogP contribution in [0.4, 0.5) is 10.1 Å². The number of aromatic nitrogens is 2. The van der Waals surface area contributed by atoms with Gasteiger partial charge >= 0.3 is 5.69 Å². The number of hydrogen-bond donors (Lipinski definition) is 0. The van der Waals surface area contributed by atoms with E-state index in [1.807, 2.05) is 4.57 Å². The minimum atomic E-state index is -0.900. The maximum Gasteiger partial charge on any atom is 0.305 e. The van der Waals surface area contributed by atoms with E-state index >= 15 is 0 Å². The fourth-order valence-electron chi connectivity index (χ4n) is 2.01. The van der Waals surface area contributed by atoms with E-state index in [-0.39, 0.29) is 12.4 Å². The average Bonchev–Trinajstić information content (AvgIpc) is 3.15. The van der Waals surface area contributed by atoms with Crippen LogP contribution in [0, 0.1) is 15.9 Å². The van der Waals surface area contributed by atoms with Crippen molar-refractivity contribution in [3.8, 4) is 5.75 Å². The molecule has 1 aliphatic carbocycles. The van der Waals surface area contributed by atoms with Gasteiger partial charge in [-0.1, -0.05) is 0 Å². The standard InChI is InChI=1S/C13H12FN3O3/c14-12-5-11(3-4-13(12)17(18)19)20-7-10-6-15-8-16(10)9-1-2-9/h3-6,8-9H,1-2,7H2. The second kappa shape index (κ2) is 4.92. The molecule has 1 heterocycles. The summed E-state index contributed by atoms with van der Waals surface area (Å²) in [6.07, 6.45) is 5.73. The molecule has 6 nitrogen and oxygen atoms in total. The molecule has 0 atom stereocenters. The molecule has 0 N–H and O–H groups in total. The summed E-state index contributed by atoms with van der Waals surface area (Å²) in [5.74, 6) is -0.639. The molecule has 1 aliphatic rings. The van der Waals surface area contributed by atoms with Crippen LogP contribution in [0.2, 0.25) is 0 Å². The van der Waals surface area contributed by atoms with E-state index in [1.54, 1.807) is 12.5 Å². The van der Waals surface area contributed by atoms with Crippen molar-refractivity contribution in [3.05, 3.63) is 52.3 Å². The first kappa shape index (κ1) is 12.6. The van der Waals surface area contributed by atoms with E-state index in [9.17, 15) is 14.5 Å². The van der Waals surface area contributed by atoms with Gasteiger partial charge in [-0.05, 0) is 18.9 Å². The summed E-state index contributed by atoms with van der Waals surface area (Å²) in [6.45, 7) is 0.258. The number of hydrogen-bond acceptors (Lipinski definition) is 4. The fraction of sp³-hybridized carbons (Fsp3) is 0.308. The Balaban J connectivity index is 1.70. The van der Waals surface area contributed by atoms with Crippen molar-refractivity contribution in [2.24, 2.45) is 0 Å². The Kier molecular flexibility index (Phi) is 3.09. The van der Waals surface area contributed by atoms with Crippen LogP contribution in [-0.4, -0.2) is 14.5 Å². The highest BCUT2D eigenvalue weighted by Gasteiger charge is 2.25. The SMILES string of the molecule is O=[N+]([O-])c1ccc(OCc2cncn2C2CC2)cc1F. The summed E-state index contributed by atoms with van der Waals surface area (Å²) < 4.78 is 20.9. The normalized spacial score (nSPS) is 14.2. The van der Waals surface area contributed by atoms with E-state index < -0.39 is 16.4 Å². The van der Waals surface area contributed by atoms with E-state index in [1.165, 1.54) is 6.07 Å². The summed E-state index contributed by atoms with van der Waals surface area (Å²) in [6, 6.07) is 4.00. The summed E-state index contributed by atoms with van der Waals surface area (Å²) >= 11 is 0. The van der Waals surface area contributed by atoms with Crippen LogP contribution in [0.25, 0.3) is 0 Å². The predicted octanol–water partition coefficient (Wildman–Crippen LogP) is 2.84. The molecule has 7 heteroatoms. The minimum absolute atomic E-state index is 0.258. The molecular weight excluding hydrogens is 265 g/mol. The highest BCUT2D eigenvalue weighted by atomic mass is 19.1. The zero-order valence-electron chi connectivity index (χ0n) is 10.5. The summed E-state index contributed by atoms with van der Waals surface area (Å²) in [4.78, 5) is 13.8. The topological polar surface area (TPSA) is 70.2 Å². The van der Waals surface area contributed by atoms with Crippen molar-refractivity contribution in [1.82, 2.24) is 9.55 Å². The highest BCUT2D eigenvalue weighted by molar-refractivity contribution is 5.38. The Hall–Kier alpha value is -2.44. The molecule has 1 fully saturated rings. The number of nitro groups is 1. The number of halogens is 1. The fourth-order valence-corrected chi connectivity index (χ4v) is 2.01. The molecule has 1 saturated carbocycles. The first-order valence-electron chi connectivity index (χ1n) is 6.22. The molecule has 0 saturated heterocycles. The third kappa shape index (κ3) is 2.47. The molecule has 0 aliphatic heterocycles. The van der Waals surface area contributed by atoms with E-state index in [0.29, 0.717) is 6.04 Å². The molecule has 3 rings (SSSR count). The minimum Gasteiger partial charge on any atom is -0.487 e. The van der Waals surface area contributed by atoms with Gasteiger partial charge in [0.25, 0.3) is 0 Å².